The van der Waals surface area contributed by atoms with Gasteiger partial charge in [-0.2, -0.15) is 0 Å². The molecule has 0 aliphatic carbocycles. The van der Waals surface area contributed by atoms with Crippen molar-refractivity contribution in [1.29, 1.82) is 0 Å². The maximum absolute atomic E-state index is 10.9. The first-order chi connectivity index (χ1) is 8.81. The van der Waals surface area contributed by atoms with Crippen LogP contribution in [0, 0.1) is 10.1 Å². The van der Waals surface area contributed by atoms with Crippen molar-refractivity contribution >= 4 is 17.6 Å². The molecule has 0 saturated heterocycles. The van der Waals surface area contributed by atoms with E-state index >= 15 is 0 Å². The number of hydrogen-bond donors (Lipinski definition) is 2. The molecule has 1 aromatic carbocycles. The van der Waals surface area contributed by atoms with Gasteiger partial charge in [0.1, 0.15) is 6.10 Å². The van der Waals surface area contributed by atoms with Crippen LogP contribution in [-0.2, 0) is 4.79 Å². The molecule has 102 valence electrons. The number of primary amides is 1. The van der Waals surface area contributed by atoms with E-state index in [9.17, 15) is 19.7 Å². The summed E-state index contributed by atoms with van der Waals surface area (Å²) in [7, 11) is 0. The Morgan fingerprint density at radius 2 is 2.16 bits per heavy atom. The summed E-state index contributed by atoms with van der Waals surface area (Å²) in [6.07, 6.45) is -1.04. The van der Waals surface area contributed by atoms with Gasteiger partial charge in [-0.1, -0.05) is 0 Å². The third kappa shape index (κ3) is 3.95. The molecule has 1 atom stereocenters. The number of aliphatic carboxylic acids is 1. The molecule has 0 spiro atoms. The van der Waals surface area contributed by atoms with E-state index in [1.165, 1.54) is 19.1 Å². The number of carbonyl (C=O) groups excluding carboxylic acids is 1. The number of carboxylic acid groups (broad SMARTS) is 1. The van der Waals surface area contributed by atoms with Gasteiger partial charge in [-0.15, -0.1) is 0 Å². The molecule has 8 nitrogen and oxygen atoms in total. The molecule has 1 amide bonds. The highest BCUT2D eigenvalue weighted by Gasteiger charge is 2.20. The quantitative estimate of drug-likeness (QED) is 0.582. The largest absolute Gasteiger partial charge is 0.483 e. The van der Waals surface area contributed by atoms with E-state index in [2.05, 4.69) is 0 Å². The molecule has 0 aliphatic heterocycles. The molecular weight excluding hydrogens is 256 g/mol. The predicted octanol–water partition coefficient (Wildman–Crippen LogP) is 0.936. The predicted molar refractivity (Wildman–Crippen MR) is 64.0 cm³/mol. The third-order valence-electron chi connectivity index (χ3n) is 2.23. The number of nitro groups is 1. The first-order valence-electron chi connectivity index (χ1n) is 5.28. The van der Waals surface area contributed by atoms with Crippen LogP contribution in [0.2, 0.25) is 0 Å². The monoisotopic (exact) mass is 268 g/mol. The van der Waals surface area contributed by atoms with Gasteiger partial charge in [0.2, 0.25) is 5.91 Å². The summed E-state index contributed by atoms with van der Waals surface area (Å²) in [5.41, 5.74) is 4.56. The molecule has 0 unspecified atom stereocenters. The zero-order valence-electron chi connectivity index (χ0n) is 10.0. The second-order valence-electron chi connectivity index (χ2n) is 3.83. The second kappa shape index (κ2) is 5.80. The van der Waals surface area contributed by atoms with Crippen LogP contribution in [0.1, 0.15) is 23.7 Å². The van der Waals surface area contributed by atoms with Crippen LogP contribution in [0.5, 0.6) is 5.75 Å². The highest BCUT2D eigenvalue weighted by molar-refractivity contribution is 5.93. The molecule has 8 heteroatoms. The Balaban J connectivity index is 3.03. The minimum atomic E-state index is -1.08. The molecule has 0 radical (unpaired) electrons. The fraction of sp³-hybridized carbons (Fsp3) is 0.273. The van der Waals surface area contributed by atoms with E-state index in [4.69, 9.17) is 15.6 Å². The van der Waals surface area contributed by atoms with Crippen molar-refractivity contribution < 1.29 is 24.4 Å². The summed E-state index contributed by atoms with van der Waals surface area (Å²) in [6.45, 7) is 1.47. The van der Waals surface area contributed by atoms with Gasteiger partial charge < -0.3 is 15.6 Å². The Hall–Kier alpha value is -2.64. The van der Waals surface area contributed by atoms with E-state index in [0.717, 1.165) is 6.07 Å². The fourth-order valence-corrected chi connectivity index (χ4v) is 1.42. The fourth-order valence-electron chi connectivity index (χ4n) is 1.42. The van der Waals surface area contributed by atoms with E-state index in [1.54, 1.807) is 0 Å². The van der Waals surface area contributed by atoms with E-state index < -0.39 is 28.6 Å². The van der Waals surface area contributed by atoms with Crippen LogP contribution in [0.4, 0.5) is 5.69 Å². The highest BCUT2D eigenvalue weighted by Crippen LogP contribution is 2.29. The molecule has 3 N–H and O–H groups in total. The topological polar surface area (TPSA) is 133 Å². The van der Waals surface area contributed by atoms with E-state index in [1.807, 2.05) is 0 Å². The van der Waals surface area contributed by atoms with Crippen molar-refractivity contribution in [2.75, 3.05) is 0 Å². The number of amides is 1. The Kier molecular flexibility index (Phi) is 4.41. The van der Waals surface area contributed by atoms with Crippen LogP contribution in [0.25, 0.3) is 0 Å². The van der Waals surface area contributed by atoms with Gasteiger partial charge in [0.05, 0.1) is 11.3 Å². The van der Waals surface area contributed by atoms with Gasteiger partial charge in [-0.3, -0.25) is 19.7 Å². The van der Waals surface area contributed by atoms with Gasteiger partial charge in [0, 0.05) is 11.6 Å². The van der Waals surface area contributed by atoms with Crippen molar-refractivity contribution in [2.45, 2.75) is 19.4 Å². The number of ether oxygens (including phenoxy) is 1. The molecule has 19 heavy (non-hydrogen) atoms. The standard InChI is InChI=1S/C11H12N2O6/c1-6(4-10(14)15)19-9-3-2-7(11(12)16)5-8(9)13(17)18/h2-3,5-6H,4H2,1H3,(H2,12,16)(H,14,15)/t6-/m0/s1. The van der Waals surface area contributed by atoms with Crippen LogP contribution in [0.3, 0.4) is 0 Å². The zero-order chi connectivity index (χ0) is 14.6. The Morgan fingerprint density at radius 3 is 2.63 bits per heavy atom. The smallest absolute Gasteiger partial charge is 0.311 e. The molecule has 1 aromatic rings. The summed E-state index contributed by atoms with van der Waals surface area (Å²) in [5.74, 6) is -1.99. The third-order valence-corrected chi connectivity index (χ3v) is 2.23. The first kappa shape index (κ1) is 14.4. The highest BCUT2D eigenvalue weighted by atomic mass is 16.6. The normalized spacial score (nSPS) is 11.6. The van der Waals surface area contributed by atoms with Gasteiger partial charge in [-0.05, 0) is 19.1 Å². The van der Waals surface area contributed by atoms with Crippen molar-refractivity contribution in [2.24, 2.45) is 5.73 Å². The van der Waals surface area contributed by atoms with Crippen LogP contribution >= 0.6 is 0 Å². The molecular formula is C11H12N2O6. The average molecular weight is 268 g/mol. The van der Waals surface area contributed by atoms with Crippen molar-refractivity contribution in [3.8, 4) is 5.75 Å². The number of rotatable bonds is 6. The number of nitrogens with two attached hydrogens (primary N) is 1. The maximum Gasteiger partial charge on any atom is 0.311 e. The summed E-state index contributed by atoms with van der Waals surface area (Å²) >= 11 is 0. The number of hydrogen-bond acceptors (Lipinski definition) is 5. The lowest BCUT2D eigenvalue weighted by Gasteiger charge is -2.12. The minimum absolute atomic E-state index is 0.0232. The first-order valence-corrected chi connectivity index (χ1v) is 5.28. The summed E-state index contributed by atoms with van der Waals surface area (Å²) in [4.78, 5) is 31.6. The number of benzene rings is 1. The van der Waals surface area contributed by atoms with Crippen molar-refractivity contribution in [3.63, 3.8) is 0 Å². The lowest BCUT2D eigenvalue weighted by atomic mass is 10.1. The van der Waals surface area contributed by atoms with Crippen molar-refractivity contribution in [1.82, 2.24) is 0 Å². The zero-order valence-corrected chi connectivity index (χ0v) is 10.0. The molecule has 0 aliphatic rings. The number of nitrogens with zero attached hydrogens (tertiary/aromatic N) is 1. The molecule has 0 fully saturated rings. The SMILES string of the molecule is C[C@@H](CC(=O)O)Oc1ccc(C(N)=O)cc1[N+](=O)[O-]. The maximum atomic E-state index is 10.9. The summed E-state index contributed by atoms with van der Waals surface area (Å²) < 4.78 is 5.18. The number of carbonyl (C=O) groups is 2. The van der Waals surface area contributed by atoms with Gasteiger partial charge in [0.15, 0.2) is 5.75 Å². The summed E-state index contributed by atoms with van der Waals surface area (Å²) in [5, 5.41) is 19.4. The number of carboxylic acids is 1. The minimum Gasteiger partial charge on any atom is -0.483 e. The molecule has 1 rings (SSSR count). The van der Waals surface area contributed by atoms with Gasteiger partial charge >= 0.3 is 11.7 Å². The number of nitro benzene ring substituents is 1. The van der Waals surface area contributed by atoms with Crippen LogP contribution in [-0.4, -0.2) is 28.0 Å². The lowest BCUT2D eigenvalue weighted by Crippen LogP contribution is -2.17. The van der Waals surface area contributed by atoms with Crippen LogP contribution in [0.15, 0.2) is 18.2 Å². The van der Waals surface area contributed by atoms with E-state index in [-0.39, 0.29) is 17.7 Å². The Morgan fingerprint density at radius 1 is 1.53 bits per heavy atom. The molecule has 0 heterocycles. The molecule has 0 bridgehead atoms. The van der Waals surface area contributed by atoms with E-state index in [0.29, 0.717) is 0 Å². The lowest BCUT2D eigenvalue weighted by molar-refractivity contribution is -0.386. The van der Waals surface area contributed by atoms with Gasteiger partial charge in [0.25, 0.3) is 0 Å². The van der Waals surface area contributed by atoms with Crippen LogP contribution < -0.4 is 10.5 Å². The Labute approximate surface area is 107 Å². The average Bonchev–Trinajstić information content (AvgIpc) is 2.27. The van der Waals surface area contributed by atoms with Gasteiger partial charge in [-0.25, -0.2) is 0 Å². The Bertz CT molecular complexity index is 528. The van der Waals surface area contributed by atoms with Crippen molar-refractivity contribution in [3.05, 3.63) is 33.9 Å². The summed E-state index contributed by atoms with van der Waals surface area (Å²) in [6, 6.07) is 3.49. The second-order valence-corrected chi connectivity index (χ2v) is 3.83. The molecule has 0 aromatic heterocycles. The molecule has 0 saturated carbocycles.